The van der Waals surface area contributed by atoms with Gasteiger partial charge in [-0.05, 0) is 49.2 Å². The molecule has 134 valence electrons. The Morgan fingerprint density at radius 1 is 0.923 bits per heavy atom. The highest BCUT2D eigenvalue weighted by atomic mass is 32.2. The predicted octanol–water partition coefficient (Wildman–Crippen LogP) is 6.16. The Hall–Kier alpha value is -2.46. The first-order chi connectivity index (χ1) is 12.4. The van der Waals surface area contributed by atoms with Gasteiger partial charge < -0.3 is 10.1 Å². The fourth-order valence-electron chi connectivity index (χ4n) is 2.60. The van der Waals surface area contributed by atoms with Crippen molar-refractivity contribution in [2.24, 2.45) is 0 Å². The van der Waals surface area contributed by atoms with Crippen molar-refractivity contribution in [3.05, 3.63) is 78.4 Å². The van der Waals surface area contributed by atoms with Crippen LogP contribution in [-0.4, -0.2) is 11.7 Å². The van der Waals surface area contributed by atoms with E-state index in [-0.39, 0.29) is 5.37 Å². The third kappa shape index (κ3) is 5.02. The maximum Gasteiger partial charge on any atom is 0.408 e. The van der Waals surface area contributed by atoms with Gasteiger partial charge in [0, 0.05) is 4.90 Å². The first-order valence-corrected chi connectivity index (χ1v) is 9.49. The molecular weight excluding hydrogens is 342 g/mol. The Morgan fingerprint density at radius 3 is 2.27 bits per heavy atom. The summed E-state index contributed by atoms with van der Waals surface area (Å²) in [4.78, 5) is 13.4. The van der Waals surface area contributed by atoms with Gasteiger partial charge in [0.15, 0.2) is 0 Å². The van der Waals surface area contributed by atoms with Crippen LogP contribution in [0.5, 0.6) is 0 Å². The molecule has 0 bridgehead atoms. The van der Waals surface area contributed by atoms with Gasteiger partial charge in [0.1, 0.15) is 11.0 Å². The molecule has 0 radical (unpaired) electrons. The Morgan fingerprint density at radius 2 is 1.58 bits per heavy atom. The lowest BCUT2D eigenvalue weighted by atomic mass is 10.1. The number of fused-ring (bicyclic) bond motifs is 1. The van der Waals surface area contributed by atoms with E-state index in [1.807, 2.05) is 63.2 Å². The molecule has 0 aliphatic heterocycles. The van der Waals surface area contributed by atoms with E-state index in [0.717, 1.165) is 10.5 Å². The molecule has 3 aromatic carbocycles. The number of nitrogens with one attached hydrogen (secondary N) is 1. The molecule has 0 fully saturated rings. The summed E-state index contributed by atoms with van der Waals surface area (Å²) >= 11 is 1.60. The quantitative estimate of drug-likeness (QED) is 0.445. The Kier molecular flexibility index (Phi) is 5.52. The van der Waals surface area contributed by atoms with Crippen LogP contribution in [0.4, 0.5) is 4.79 Å². The van der Waals surface area contributed by atoms with E-state index in [1.165, 1.54) is 10.8 Å². The fourth-order valence-corrected chi connectivity index (χ4v) is 3.66. The van der Waals surface area contributed by atoms with Crippen LogP contribution in [0.25, 0.3) is 10.8 Å². The van der Waals surface area contributed by atoms with Gasteiger partial charge in [0.05, 0.1) is 0 Å². The predicted molar refractivity (Wildman–Crippen MR) is 108 cm³/mol. The number of hydrogen-bond acceptors (Lipinski definition) is 3. The van der Waals surface area contributed by atoms with E-state index in [9.17, 15) is 4.79 Å². The van der Waals surface area contributed by atoms with Crippen molar-refractivity contribution in [3.8, 4) is 0 Å². The van der Waals surface area contributed by atoms with Gasteiger partial charge in [0.2, 0.25) is 0 Å². The van der Waals surface area contributed by atoms with E-state index in [1.54, 1.807) is 11.8 Å². The lowest BCUT2D eigenvalue weighted by Gasteiger charge is -2.23. The van der Waals surface area contributed by atoms with Crippen molar-refractivity contribution in [3.63, 3.8) is 0 Å². The molecule has 0 saturated heterocycles. The van der Waals surface area contributed by atoms with Crippen molar-refractivity contribution in [2.45, 2.75) is 36.6 Å². The maximum atomic E-state index is 12.3. The molecule has 0 aromatic heterocycles. The molecule has 1 atom stereocenters. The Balaban J connectivity index is 1.84. The average Bonchev–Trinajstić information content (AvgIpc) is 2.60. The second-order valence-electron chi connectivity index (χ2n) is 7.06. The zero-order valence-electron chi connectivity index (χ0n) is 15.2. The highest BCUT2D eigenvalue weighted by Gasteiger charge is 2.21. The summed E-state index contributed by atoms with van der Waals surface area (Å²) in [5.41, 5.74) is 0.496. The highest BCUT2D eigenvalue weighted by molar-refractivity contribution is 7.99. The molecule has 3 nitrogen and oxygen atoms in total. The number of ether oxygens (including phenoxy) is 1. The van der Waals surface area contributed by atoms with E-state index >= 15 is 0 Å². The highest BCUT2D eigenvalue weighted by Crippen LogP contribution is 2.34. The van der Waals surface area contributed by atoms with E-state index < -0.39 is 11.7 Å². The van der Waals surface area contributed by atoms with E-state index in [0.29, 0.717) is 0 Å². The average molecular weight is 365 g/mol. The van der Waals surface area contributed by atoms with Crippen LogP contribution in [0.3, 0.4) is 0 Å². The summed E-state index contributed by atoms with van der Waals surface area (Å²) in [7, 11) is 0. The van der Waals surface area contributed by atoms with Crippen molar-refractivity contribution in [1.82, 2.24) is 5.32 Å². The van der Waals surface area contributed by atoms with E-state index in [2.05, 4.69) is 35.6 Å². The van der Waals surface area contributed by atoms with Crippen LogP contribution in [-0.2, 0) is 4.74 Å². The van der Waals surface area contributed by atoms with Crippen LogP contribution < -0.4 is 5.32 Å². The summed E-state index contributed by atoms with van der Waals surface area (Å²) in [5.74, 6) is 0. The number of carbonyl (C=O) groups excluding carboxylic acids is 1. The number of alkyl carbamates (subject to hydrolysis) is 1. The number of hydrogen-bond donors (Lipinski definition) is 1. The number of benzene rings is 3. The largest absolute Gasteiger partial charge is 0.444 e. The van der Waals surface area contributed by atoms with Crippen LogP contribution in [0.15, 0.2) is 77.7 Å². The molecule has 1 N–H and O–H groups in total. The zero-order valence-corrected chi connectivity index (χ0v) is 16.0. The lowest BCUT2D eigenvalue weighted by Crippen LogP contribution is -2.34. The summed E-state index contributed by atoms with van der Waals surface area (Å²) in [6, 6.07) is 24.5. The minimum absolute atomic E-state index is 0.229. The monoisotopic (exact) mass is 365 g/mol. The number of amides is 1. The van der Waals surface area contributed by atoms with Crippen LogP contribution >= 0.6 is 11.8 Å². The van der Waals surface area contributed by atoms with Gasteiger partial charge in [-0.3, -0.25) is 0 Å². The Bertz CT molecular complexity index is 887. The van der Waals surface area contributed by atoms with Crippen LogP contribution in [0.2, 0.25) is 0 Å². The molecule has 26 heavy (non-hydrogen) atoms. The number of rotatable bonds is 4. The first kappa shape index (κ1) is 18.3. The lowest BCUT2D eigenvalue weighted by molar-refractivity contribution is 0.0521. The zero-order chi connectivity index (χ0) is 18.6. The smallest absolute Gasteiger partial charge is 0.408 e. The van der Waals surface area contributed by atoms with Gasteiger partial charge >= 0.3 is 6.09 Å². The van der Waals surface area contributed by atoms with Crippen molar-refractivity contribution < 1.29 is 9.53 Å². The molecule has 3 aromatic rings. The summed E-state index contributed by atoms with van der Waals surface area (Å²) in [6.45, 7) is 5.59. The third-order valence-electron chi connectivity index (χ3n) is 3.73. The topological polar surface area (TPSA) is 38.3 Å². The Labute approximate surface area is 158 Å². The standard InChI is InChI=1S/C22H23NO2S/c1-22(2,3)25-21(24)23-20(17-10-5-4-6-11-17)26-19-14-13-16-9-7-8-12-18(16)15-19/h4-15,20H,1-3H3,(H,23,24)/t20-/m1/s1. The molecule has 0 aliphatic carbocycles. The van der Waals surface area contributed by atoms with Gasteiger partial charge in [-0.2, -0.15) is 0 Å². The molecule has 1 amide bonds. The first-order valence-electron chi connectivity index (χ1n) is 8.61. The molecular formula is C22H23NO2S. The SMILES string of the molecule is CC(C)(C)OC(=O)N[C@H](Sc1ccc2ccccc2c1)c1ccccc1. The third-order valence-corrected chi connectivity index (χ3v) is 4.88. The molecule has 0 spiro atoms. The number of carbonyl (C=O) groups is 1. The van der Waals surface area contributed by atoms with Gasteiger partial charge in [-0.1, -0.05) is 72.4 Å². The fraction of sp³-hybridized carbons (Fsp3) is 0.227. The second kappa shape index (κ2) is 7.83. The molecule has 4 heteroatoms. The van der Waals surface area contributed by atoms with Crippen molar-refractivity contribution in [1.29, 1.82) is 0 Å². The van der Waals surface area contributed by atoms with Gasteiger partial charge in [-0.25, -0.2) is 4.79 Å². The second-order valence-corrected chi connectivity index (χ2v) is 8.24. The van der Waals surface area contributed by atoms with Gasteiger partial charge in [0.25, 0.3) is 0 Å². The number of thioether (sulfide) groups is 1. The van der Waals surface area contributed by atoms with Crippen molar-refractivity contribution >= 4 is 28.6 Å². The normalized spacial score (nSPS) is 12.6. The summed E-state index contributed by atoms with van der Waals surface area (Å²) < 4.78 is 5.43. The minimum atomic E-state index is -0.529. The molecule has 0 saturated carbocycles. The van der Waals surface area contributed by atoms with Gasteiger partial charge in [-0.15, -0.1) is 0 Å². The maximum absolute atomic E-state index is 12.3. The summed E-state index contributed by atoms with van der Waals surface area (Å²) in [6.07, 6.45) is -0.417. The van der Waals surface area contributed by atoms with E-state index in [4.69, 9.17) is 4.74 Å². The molecule has 3 rings (SSSR count). The molecule has 0 aliphatic rings. The van der Waals surface area contributed by atoms with Crippen LogP contribution in [0, 0.1) is 0 Å². The van der Waals surface area contributed by atoms with Crippen molar-refractivity contribution in [2.75, 3.05) is 0 Å². The molecule has 0 unspecified atom stereocenters. The minimum Gasteiger partial charge on any atom is -0.444 e. The molecule has 0 heterocycles. The van der Waals surface area contributed by atoms with Crippen LogP contribution in [0.1, 0.15) is 31.7 Å². The summed E-state index contributed by atoms with van der Waals surface area (Å²) in [5, 5.41) is 5.14.